The van der Waals surface area contributed by atoms with Crippen molar-refractivity contribution in [3.63, 3.8) is 0 Å². The van der Waals surface area contributed by atoms with Crippen LogP contribution in [0.15, 0.2) is 57.7 Å². The normalized spacial score (nSPS) is 10.7. The Hall–Kier alpha value is -3.08. The Balaban J connectivity index is 2.21. The van der Waals surface area contributed by atoms with Crippen LogP contribution in [0.1, 0.15) is 15.9 Å². The van der Waals surface area contributed by atoms with E-state index in [0.29, 0.717) is 10.9 Å². The zero-order valence-corrected chi connectivity index (χ0v) is 12.7. The lowest BCUT2D eigenvalue weighted by Gasteiger charge is -2.13. The molecule has 0 aliphatic carbocycles. The summed E-state index contributed by atoms with van der Waals surface area (Å²) in [5.41, 5.74) is 0.186. The highest BCUT2D eigenvalue weighted by atomic mass is 16.4. The Labute approximate surface area is 132 Å². The van der Waals surface area contributed by atoms with Crippen molar-refractivity contribution < 1.29 is 14.3 Å². The number of ketones is 1. The smallest absolute Gasteiger partial charge is 0.351 e. The lowest BCUT2D eigenvalue weighted by molar-refractivity contribution is 0.103. The first-order valence-corrected chi connectivity index (χ1v) is 7.06. The molecule has 0 atom stereocenters. The van der Waals surface area contributed by atoms with Gasteiger partial charge in [-0.15, -0.1) is 0 Å². The second-order valence-electron chi connectivity index (χ2n) is 5.38. The summed E-state index contributed by atoms with van der Waals surface area (Å²) in [5.74, 6) is -0.911. The highest BCUT2D eigenvalue weighted by molar-refractivity contribution is 6.12. The van der Waals surface area contributed by atoms with Crippen molar-refractivity contribution in [3.8, 4) is 5.75 Å². The van der Waals surface area contributed by atoms with Crippen LogP contribution >= 0.6 is 0 Å². The molecular formula is C18H15NO4. The van der Waals surface area contributed by atoms with E-state index in [1.807, 2.05) is 19.0 Å². The van der Waals surface area contributed by atoms with E-state index in [1.54, 1.807) is 48.5 Å². The Morgan fingerprint density at radius 1 is 1.09 bits per heavy atom. The average Bonchev–Trinajstić information content (AvgIpc) is 2.55. The van der Waals surface area contributed by atoms with Gasteiger partial charge in [0.15, 0.2) is 5.56 Å². The first kappa shape index (κ1) is 14.8. The summed E-state index contributed by atoms with van der Waals surface area (Å²) < 4.78 is 5.24. The zero-order chi connectivity index (χ0) is 16.6. The van der Waals surface area contributed by atoms with Gasteiger partial charge in [-0.3, -0.25) is 4.79 Å². The highest BCUT2D eigenvalue weighted by Crippen LogP contribution is 2.30. The number of hydrogen-bond donors (Lipinski definition) is 1. The van der Waals surface area contributed by atoms with Crippen LogP contribution in [-0.2, 0) is 0 Å². The summed E-state index contributed by atoms with van der Waals surface area (Å²) in [7, 11) is 3.71. The van der Waals surface area contributed by atoms with E-state index in [9.17, 15) is 14.7 Å². The van der Waals surface area contributed by atoms with Crippen molar-refractivity contribution in [2.75, 3.05) is 19.0 Å². The van der Waals surface area contributed by atoms with Gasteiger partial charge in [0.2, 0.25) is 5.78 Å². The van der Waals surface area contributed by atoms with Gasteiger partial charge in [0.05, 0.1) is 5.39 Å². The summed E-state index contributed by atoms with van der Waals surface area (Å²) in [6, 6.07) is 13.4. The topological polar surface area (TPSA) is 70.8 Å². The molecule has 3 rings (SSSR count). The van der Waals surface area contributed by atoms with Crippen LogP contribution < -0.4 is 10.5 Å². The minimum atomic E-state index is -0.847. The maximum absolute atomic E-state index is 12.5. The standard InChI is InChI=1S/C18H15NO4/c1-19(2)12-8-9-13-14(10-12)23-18(22)15(17(13)21)16(20)11-6-4-3-5-7-11/h3-10,21H,1-2H3. The number of hydrogen-bond acceptors (Lipinski definition) is 5. The summed E-state index contributed by atoms with van der Waals surface area (Å²) >= 11 is 0. The van der Waals surface area contributed by atoms with Crippen LogP contribution in [0.2, 0.25) is 0 Å². The van der Waals surface area contributed by atoms with E-state index >= 15 is 0 Å². The maximum Gasteiger partial charge on any atom is 0.351 e. The van der Waals surface area contributed by atoms with Crippen molar-refractivity contribution in [1.29, 1.82) is 0 Å². The molecule has 0 aliphatic heterocycles. The third-order valence-corrected chi connectivity index (χ3v) is 3.64. The molecule has 5 nitrogen and oxygen atoms in total. The molecule has 0 spiro atoms. The average molecular weight is 309 g/mol. The fourth-order valence-electron chi connectivity index (χ4n) is 2.39. The van der Waals surface area contributed by atoms with Crippen LogP contribution in [0.25, 0.3) is 11.0 Å². The van der Waals surface area contributed by atoms with E-state index < -0.39 is 11.4 Å². The van der Waals surface area contributed by atoms with Gasteiger partial charge in [-0.25, -0.2) is 4.79 Å². The molecule has 5 heteroatoms. The third kappa shape index (κ3) is 2.57. The minimum Gasteiger partial charge on any atom is -0.506 e. The monoisotopic (exact) mass is 309 g/mol. The van der Waals surface area contributed by atoms with Gasteiger partial charge in [-0.05, 0) is 12.1 Å². The van der Waals surface area contributed by atoms with Crippen LogP contribution in [0.4, 0.5) is 5.69 Å². The maximum atomic E-state index is 12.5. The SMILES string of the molecule is CN(C)c1ccc2c(O)c(C(=O)c3ccccc3)c(=O)oc2c1. The van der Waals surface area contributed by atoms with Gasteiger partial charge in [0.1, 0.15) is 11.3 Å². The predicted octanol–water partition coefficient (Wildman–Crippen LogP) is 2.80. The number of nitrogens with zero attached hydrogens (tertiary/aromatic N) is 1. The number of aromatic hydroxyl groups is 1. The van der Waals surface area contributed by atoms with Gasteiger partial charge < -0.3 is 14.4 Å². The van der Waals surface area contributed by atoms with Gasteiger partial charge in [-0.1, -0.05) is 30.3 Å². The van der Waals surface area contributed by atoms with Crippen LogP contribution in [-0.4, -0.2) is 25.0 Å². The Kier molecular flexibility index (Phi) is 3.62. The molecule has 0 saturated carbocycles. The van der Waals surface area contributed by atoms with E-state index in [0.717, 1.165) is 5.69 Å². The fourth-order valence-corrected chi connectivity index (χ4v) is 2.39. The molecule has 3 aromatic rings. The fraction of sp³-hybridized carbons (Fsp3) is 0.111. The molecule has 0 aliphatic rings. The molecule has 0 amide bonds. The summed E-state index contributed by atoms with van der Waals surface area (Å²) in [6.07, 6.45) is 0. The molecule has 0 bridgehead atoms. The van der Waals surface area contributed by atoms with Crippen molar-refractivity contribution in [2.45, 2.75) is 0 Å². The molecule has 0 radical (unpaired) electrons. The quantitative estimate of drug-likeness (QED) is 0.595. The zero-order valence-electron chi connectivity index (χ0n) is 12.7. The molecule has 1 N–H and O–H groups in total. The van der Waals surface area contributed by atoms with Crippen molar-refractivity contribution in [1.82, 2.24) is 0 Å². The minimum absolute atomic E-state index is 0.239. The van der Waals surface area contributed by atoms with E-state index in [2.05, 4.69) is 0 Å². The Bertz CT molecular complexity index is 942. The molecule has 1 aromatic heterocycles. The van der Waals surface area contributed by atoms with E-state index in [1.165, 1.54) is 0 Å². The number of anilines is 1. The predicted molar refractivity (Wildman–Crippen MR) is 88.4 cm³/mol. The highest BCUT2D eigenvalue weighted by Gasteiger charge is 2.22. The van der Waals surface area contributed by atoms with Crippen LogP contribution in [0, 0.1) is 0 Å². The molecule has 0 unspecified atom stereocenters. The summed E-state index contributed by atoms with van der Waals surface area (Å²) in [6.45, 7) is 0. The van der Waals surface area contributed by atoms with Gasteiger partial charge in [-0.2, -0.15) is 0 Å². The Morgan fingerprint density at radius 3 is 2.43 bits per heavy atom. The van der Waals surface area contributed by atoms with E-state index in [-0.39, 0.29) is 16.9 Å². The van der Waals surface area contributed by atoms with Gasteiger partial charge in [0.25, 0.3) is 0 Å². The largest absolute Gasteiger partial charge is 0.506 e. The molecule has 0 fully saturated rings. The van der Waals surface area contributed by atoms with Crippen molar-refractivity contribution in [2.24, 2.45) is 0 Å². The number of rotatable bonds is 3. The second-order valence-corrected chi connectivity index (χ2v) is 5.38. The third-order valence-electron chi connectivity index (χ3n) is 3.64. The first-order chi connectivity index (χ1) is 11.0. The first-order valence-electron chi connectivity index (χ1n) is 7.06. The van der Waals surface area contributed by atoms with Crippen molar-refractivity contribution in [3.05, 3.63) is 70.1 Å². The lowest BCUT2D eigenvalue weighted by Crippen LogP contribution is -2.15. The number of benzene rings is 2. The lowest BCUT2D eigenvalue weighted by atomic mass is 10.0. The second kappa shape index (κ2) is 5.61. The molecule has 116 valence electrons. The molecule has 2 aromatic carbocycles. The molecular weight excluding hydrogens is 294 g/mol. The van der Waals surface area contributed by atoms with Crippen molar-refractivity contribution >= 4 is 22.4 Å². The molecule has 0 saturated heterocycles. The molecule has 23 heavy (non-hydrogen) atoms. The van der Waals surface area contributed by atoms with Gasteiger partial charge in [0, 0.05) is 31.4 Å². The molecule has 1 heterocycles. The number of fused-ring (bicyclic) bond motifs is 1. The van der Waals surface area contributed by atoms with Crippen LogP contribution in [0.3, 0.4) is 0 Å². The van der Waals surface area contributed by atoms with Crippen LogP contribution in [0.5, 0.6) is 5.75 Å². The summed E-state index contributed by atoms with van der Waals surface area (Å²) in [5, 5.41) is 10.7. The van der Waals surface area contributed by atoms with Gasteiger partial charge >= 0.3 is 5.63 Å². The Morgan fingerprint density at radius 2 is 1.78 bits per heavy atom. The summed E-state index contributed by atoms with van der Waals surface area (Å²) in [4.78, 5) is 26.5. The number of carbonyl (C=O) groups is 1. The van der Waals surface area contributed by atoms with E-state index in [4.69, 9.17) is 4.42 Å². The number of carbonyl (C=O) groups excluding carboxylic acids is 1.